The van der Waals surface area contributed by atoms with Gasteiger partial charge in [-0.15, -0.1) is 0 Å². The summed E-state index contributed by atoms with van der Waals surface area (Å²) in [4.78, 5) is 26.6. The highest BCUT2D eigenvalue weighted by molar-refractivity contribution is 7.89. The maximum atomic E-state index is 13.0. The van der Waals surface area contributed by atoms with Gasteiger partial charge in [0.15, 0.2) is 0 Å². The summed E-state index contributed by atoms with van der Waals surface area (Å²) in [5.74, 6) is -1.08. The molecule has 0 saturated carbocycles. The van der Waals surface area contributed by atoms with Gasteiger partial charge in [-0.05, 0) is 48.9 Å². The molecule has 2 aromatic rings. The highest BCUT2D eigenvalue weighted by atomic mass is 32.2. The van der Waals surface area contributed by atoms with E-state index < -0.39 is 10.0 Å². The molecule has 1 aliphatic rings. The Bertz CT molecular complexity index is 1040. The van der Waals surface area contributed by atoms with Crippen molar-refractivity contribution in [3.05, 3.63) is 65.5 Å². The van der Waals surface area contributed by atoms with Gasteiger partial charge in [0.1, 0.15) is 5.82 Å². The van der Waals surface area contributed by atoms with E-state index in [0.29, 0.717) is 38.4 Å². The van der Waals surface area contributed by atoms with Gasteiger partial charge in [0.05, 0.1) is 24.7 Å². The first-order chi connectivity index (χ1) is 15.3. The summed E-state index contributed by atoms with van der Waals surface area (Å²) in [5.41, 5.74) is 1.03. The number of carbonyl (C=O) groups is 2. The van der Waals surface area contributed by atoms with Gasteiger partial charge in [-0.2, -0.15) is 4.31 Å². The van der Waals surface area contributed by atoms with Crippen molar-refractivity contribution in [1.29, 1.82) is 0 Å². The van der Waals surface area contributed by atoms with Crippen LogP contribution in [0.2, 0.25) is 0 Å². The summed E-state index contributed by atoms with van der Waals surface area (Å²) in [6, 6.07) is 11.5. The molecule has 1 aliphatic heterocycles. The zero-order chi connectivity index (χ0) is 23.1. The highest BCUT2D eigenvalue weighted by Gasteiger charge is 2.26. The van der Waals surface area contributed by atoms with Gasteiger partial charge in [0, 0.05) is 31.7 Å². The van der Waals surface area contributed by atoms with Gasteiger partial charge in [-0.1, -0.05) is 12.1 Å². The summed E-state index contributed by atoms with van der Waals surface area (Å²) in [6.07, 6.45) is 0. The first-order valence-corrected chi connectivity index (χ1v) is 11.7. The minimum absolute atomic E-state index is 0.107. The number of hydrogen-bond acceptors (Lipinski definition) is 5. The lowest BCUT2D eigenvalue weighted by molar-refractivity contribution is -0.121. The fraction of sp³-hybridized carbons (Fsp3) is 0.364. The van der Waals surface area contributed by atoms with Gasteiger partial charge in [0.2, 0.25) is 15.9 Å². The maximum Gasteiger partial charge on any atom is 0.254 e. The number of likely N-dealkylation sites (N-methyl/N-ethyl adjacent to an activating group) is 1. The maximum absolute atomic E-state index is 13.0. The quantitative estimate of drug-likeness (QED) is 0.642. The standard InChI is InChI=1S/C22H26FN3O5S/c1-2-25(16-21(27)24-15-17-3-7-19(23)8-4-17)22(28)18-5-9-20(10-6-18)32(29,30)26-11-13-31-14-12-26/h3-10H,2,11-16H2,1H3,(H,24,27). The van der Waals surface area contributed by atoms with E-state index in [1.807, 2.05) is 0 Å². The molecule has 10 heteroatoms. The van der Waals surface area contributed by atoms with E-state index in [4.69, 9.17) is 4.74 Å². The molecular formula is C22H26FN3O5S. The van der Waals surface area contributed by atoms with Crippen LogP contribution in [0.5, 0.6) is 0 Å². The molecule has 3 rings (SSSR count). The molecule has 1 saturated heterocycles. The molecule has 1 fully saturated rings. The molecule has 1 N–H and O–H groups in total. The Labute approximate surface area is 187 Å². The minimum Gasteiger partial charge on any atom is -0.379 e. The topological polar surface area (TPSA) is 96.0 Å². The van der Waals surface area contributed by atoms with Crippen molar-refractivity contribution in [1.82, 2.24) is 14.5 Å². The van der Waals surface area contributed by atoms with Crippen LogP contribution in [-0.2, 0) is 26.1 Å². The van der Waals surface area contributed by atoms with Crippen LogP contribution in [0.3, 0.4) is 0 Å². The van der Waals surface area contributed by atoms with E-state index in [1.54, 1.807) is 19.1 Å². The predicted molar refractivity (Wildman–Crippen MR) is 116 cm³/mol. The third-order valence-electron chi connectivity index (χ3n) is 5.12. The van der Waals surface area contributed by atoms with E-state index in [-0.39, 0.29) is 35.6 Å². The van der Waals surface area contributed by atoms with Crippen LogP contribution in [0.25, 0.3) is 0 Å². The second-order valence-corrected chi connectivity index (χ2v) is 9.20. The normalized spacial score (nSPS) is 14.7. The lowest BCUT2D eigenvalue weighted by atomic mass is 10.2. The smallest absolute Gasteiger partial charge is 0.254 e. The first kappa shape index (κ1) is 23.8. The number of hydrogen-bond donors (Lipinski definition) is 1. The largest absolute Gasteiger partial charge is 0.379 e. The Morgan fingerprint density at radius 3 is 2.28 bits per heavy atom. The van der Waals surface area contributed by atoms with Crippen molar-refractivity contribution in [3.8, 4) is 0 Å². The van der Waals surface area contributed by atoms with Gasteiger partial charge >= 0.3 is 0 Å². The molecule has 0 radical (unpaired) electrons. The number of halogens is 1. The van der Waals surface area contributed by atoms with Gasteiger partial charge < -0.3 is 15.0 Å². The van der Waals surface area contributed by atoms with Crippen LogP contribution >= 0.6 is 0 Å². The summed E-state index contributed by atoms with van der Waals surface area (Å²) >= 11 is 0. The number of carbonyl (C=O) groups excluding carboxylic acids is 2. The van der Waals surface area contributed by atoms with Crippen molar-refractivity contribution in [2.45, 2.75) is 18.4 Å². The van der Waals surface area contributed by atoms with E-state index in [9.17, 15) is 22.4 Å². The second kappa shape index (κ2) is 10.7. The number of nitrogens with zero attached hydrogens (tertiary/aromatic N) is 2. The third kappa shape index (κ3) is 5.90. The molecule has 8 nitrogen and oxygen atoms in total. The van der Waals surface area contributed by atoms with Crippen molar-refractivity contribution in [2.75, 3.05) is 39.4 Å². The summed E-state index contributed by atoms with van der Waals surface area (Å²) in [5, 5.41) is 2.70. The Hall–Kier alpha value is -2.82. The average molecular weight is 464 g/mol. The number of morpholine rings is 1. The molecule has 1 heterocycles. The van der Waals surface area contributed by atoms with Crippen LogP contribution in [0.15, 0.2) is 53.4 Å². The van der Waals surface area contributed by atoms with Crippen molar-refractivity contribution < 1.29 is 27.1 Å². The fourth-order valence-corrected chi connectivity index (χ4v) is 4.66. The lowest BCUT2D eigenvalue weighted by Gasteiger charge is -2.26. The zero-order valence-corrected chi connectivity index (χ0v) is 18.6. The molecular weight excluding hydrogens is 437 g/mol. The van der Waals surface area contributed by atoms with E-state index >= 15 is 0 Å². The second-order valence-electron chi connectivity index (χ2n) is 7.26. The Morgan fingerprint density at radius 2 is 1.69 bits per heavy atom. The molecule has 2 amide bonds. The SMILES string of the molecule is CCN(CC(=O)NCc1ccc(F)cc1)C(=O)c1ccc(S(=O)(=O)N2CCOCC2)cc1. The molecule has 0 aromatic heterocycles. The highest BCUT2D eigenvalue weighted by Crippen LogP contribution is 2.18. The average Bonchev–Trinajstić information content (AvgIpc) is 2.82. The first-order valence-electron chi connectivity index (χ1n) is 10.3. The molecule has 0 spiro atoms. The van der Waals surface area contributed by atoms with Gasteiger partial charge in [0.25, 0.3) is 5.91 Å². The third-order valence-corrected chi connectivity index (χ3v) is 7.03. The molecule has 0 aliphatic carbocycles. The number of sulfonamides is 1. The number of rotatable bonds is 8. The Balaban J connectivity index is 1.60. The summed E-state index contributed by atoms with van der Waals surface area (Å²) < 4.78 is 44.9. The van der Waals surface area contributed by atoms with Crippen molar-refractivity contribution in [3.63, 3.8) is 0 Å². The molecule has 0 atom stereocenters. The summed E-state index contributed by atoms with van der Waals surface area (Å²) in [7, 11) is -3.64. The van der Waals surface area contributed by atoms with Crippen LogP contribution in [-0.4, -0.2) is 68.8 Å². The number of benzene rings is 2. The number of amides is 2. The van der Waals surface area contributed by atoms with E-state index in [1.165, 1.54) is 45.6 Å². The van der Waals surface area contributed by atoms with Gasteiger partial charge in [-0.3, -0.25) is 9.59 Å². The predicted octanol–water partition coefficient (Wildman–Crippen LogP) is 1.63. The fourth-order valence-electron chi connectivity index (χ4n) is 3.25. The summed E-state index contributed by atoms with van der Waals surface area (Å²) in [6.45, 7) is 3.41. The lowest BCUT2D eigenvalue weighted by Crippen LogP contribution is -2.41. The van der Waals surface area contributed by atoms with Crippen molar-refractivity contribution >= 4 is 21.8 Å². The van der Waals surface area contributed by atoms with Crippen LogP contribution in [0.4, 0.5) is 4.39 Å². The van der Waals surface area contributed by atoms with Crippen LogP contribution < -0.4 is 5.32 Å². The van der Waals surface area contributed by atoms with E-state index in [0.717, 1.165) is 5.56 Å². The Morgan fingerprint density at radius 1 is 1.06 bits per heavy atom. The minimum atomic E-state index is -3.64. The van der Waals surface area contributed by atoms with Crippen LogP contribution in [0.1, 0.15) is 22.8 Å². The molecule has 0 bridgehead atoms. The van der Waals surface area contributed by atoms with E-state index in [2.05, 4.69) is 5.32 Å². The molecule has 32 heavy (non-hydrogen) atoms. The monoisotopic (exact) mass is 463 g/mol. The molecule has 0 unspecified atom stereocenters. The number of ether oxygens (including phenoxy) is 1. The van der Waals surface area contributed by atoms with Gasteiger partial charge in [-0.25, -0.2) is 12.8 Å². The van der Waals surface area contributed by atoms with Crippen LogP contribution in [0, 0.1) is 5.82 Å². The Kier molecular flexibility index (Phi) is 7.94. The zero-order valence-electron chi connectivity index (χ0n) is 17.8. The number of nitrogens with one attached hydrogen (secondary N) is 1. The van der Waals surface area contributed by atoms with Crippen molar-refractivity contribution in [2.24, 2.45) is 0 Å². The molecule has 172 valence electrons. The molecule has 2 aromatic carbocycles.